The van der Waals surface area contributed by atoms with Crippen LogP contribution in [0.3, 0.4) is 0 Å². The SMILES string of the molecule is C[C@@H](N)CN1CCOc2ccccc2C1=O. The second-order valence-electron chi connectivity index (χ2n) is 4.07. The molecule has 0 radical (unpaired) electrons. The van der Waals surface area contributed by atoms with E-state index in [0.29, 0.717) is 31.0 Å². The lowest BCUT2D eigenvalue weighted by atomic mass is 10.1. The molecule has 2 N–H and O–H groups in total. The number of carbonyl (C=O) groups is 1. The highest BCUT2D eigenvalue weighted by atomic mass is 16.5. The van der Waals surface area contributed by atoms with Crippen LogP contribution >= 0.6 is 0 Å². The molecule has 1 heterocycles. The van der Waals surface area contributed by atoms with Crippen molar-refractivity contribution in [3.05, 3.63) is 29.8 Å². The van der Waals surface area contributed by atoms with Crippen LogP contribution in [0.25, 0.3) is 0 Å². The first-order chi connectivity index (χ1) is 7.68. The lowest BCUT2D eigenvalue weighted by Gasteiger charge is -2.21. The van der Waals surface area contributed by atoms with Crippen molar-refractivity contribution < 1.29 is 9.53 Å². The molecule has 16 heavy (non-hydrogen) atoms. The van der Waals surface area contributed by atoms with Gasteiger partial charge in [0.25, 0.3) is 5.91 Å². The Balaban J connectivity index is 2.26. The Morgan fingerprint density at radius 3 is 3.00 bits per heavy atom. The van der Waals surface area contributed by atoms with Crippen LogP contribution in [0.2, 0.25) is 0 Å². The van der Waals surface area contributed by atoms with E-state index < -0.39 is 0 Å². The number of ether oxygens (including phenoxy) is 1. The Hall–Kier alpha value is -1.55. The monoisotopic (exact) mass is 220 g/mol. The molecule has 1 aromatic rings. The Morgan fingerprint density at radius 2 is 2.25 bits per heavy atom. The molecule has 4 heteroatoms. The van der Waals surface area contributed by atoms with Gasteiger partial charge in [-0.2, -0.15) is 0 Å². The minimum atomic E-state index is -0.0192. The van der Waals surface area contributed by atoms with Gasteiger partial charge in [0.15, 0.2) is 0 Å². The van der Waals surface area contributed by atoms with E-state index in [9.17, 15) is 4.79 Å². The lowest BCUT2D eigenvalue weighted by molar-refractivity contribution is 0.0748. The molecule has 1 aromatic carbocycles. The maximum atomic E-state index is 12.2. The van der Waals surface area contributed by atoms with Gasteiger partial charge in [0, 0.05) is 12.6 Å². The van der Waals surface area contributed by atoms with E-state index in [-0.39, 0.29) is 11.9 Å². The smallest absolute Gasteiger partial charge is 0.257 e. The maximum Gasteiger partial charge on any atom is 0.257 e. The molecule has 0 aromatic heterocycles. The van der Waals surface area contributed by atoms with Crippen LogP contribution in [-0.2, 0) is 0 Å². The highest BCUT2D eigenvalue weighted by Crippen LogP contribution is 2.22. The summed E-state index contributed by atoms with van der Waals surface area (Å²) in [7, 11) is 0. The summed E-state index contributed by atoms with van der Waals surface area (Å²) in [6, 6.07) is 7.30. The van der Waals surface area contributed by atoms with Crippen molar-refractivity contribution in [1.82, 2.24) is 4.90 Å². The van der Waals surface area contributed by atoms with Crippen LogP contribution in [-0.4, -0.2) is 36.5 Å². The fourth-order valence-corrected chi connectivity index (χ4v) is 1.83. The molecule has 0 saturated carbocycles. The lowest BCUT2D eigenvalue weighted by Crippen LogP contribution is -2.40. The number of carbonyl (C=O) groups excluding carboxylic acids is 1. The second kappa shape index (κ2) is 4.53. The first-order valence-electron chi connectivity index (χ1n) is 5.45. The van der Waals surface area contributed by atoms with E-state index >= 15 is 0 Å². The van der Waals surface area contributed by atoms with E-state index in [1.165, 1.54) is 0 Å². The van der Waals surface area contributed by atoms with Crippen molar-refractivity contribution in [2.24, 2.45) is 5.73 Å². The first-order valence-corrected chi connectivity index (χ1v) is 5.45. The van der Waals surface area contributed by atoms with Gasteiger partial charge in [0.05, 0.1) is 12.1 Å². The summed E-state index contributed by atoms with van der Waals surface area (Å²) in [6.45, 7) is 3.58. The number of benzene rings is 1. The van der Waals surface area contributed by atoms with Gasteiger partial charge in [0.1, 0.15) is 12.4 Å². The molecule has 1 amide bonds. The Labute approximate surface area is 95.0 Å². The molecule has 0 aliphatic carbocycles. The molecular formula is C12H16N2O2. The van der Waals surface area contributed by atoms with E-state index in [1.54, 1.807) is 11.0 Å². The summed E-state index contributed by atoms with van der Waals surface area (Å²) >= 11 is 0. The minimum absolute atomic E-state index is 0.00500. The van der Waals surface area contributed by atoms with Gasteiger partial charge in [-0.25, -0.2) is 0 Å². The third-order valence-corrected chi connectivity index (χ3v) is 2.53. The number of hydrogen-bond acceptors (Lipinski definition) is 3. The normalized spacial score (nSPS) is 17.4. The predicted octanol–water partition coefficient (Wildman–Crippen LogP) is 0.868. The molecule has 0 fully saturated rings. The fourth-order valence-electron chi connectivity index (χ4n) is 1.83. The zero-order chi connectivity index (χ0) is 11.5. The average Bonchev–Trinajstić information content (AvgIpc) is 2.40. The molecule has 0 spiro atoms. The summed E-state index contributed by atoms with van der Waals surface area (Å²) in [6.07, 6.45) is 0. The molecule has 86 valence electrons. The van der Waals surface area contributed by atoms with E-state index in [4.69, 9.17) is 10.5 Å². The van der Waals surface area contributed by atoms with E-state index in [2.05, 4.69) is 0 Å². The summed E-state index contributed by atoms with van der Waals surface area (Å²) < 4.78 is 5.53. The van der Waals surface area contributed by atoms with Gasteiger partial charge in [-0.1, -0.05) is 12.1 Å². The largest absolute Gasteiger partial charge is 0.491 e. The van der Waals surface area contributed by atoms with Crippen LogP contribution in [0.4, 0.5) is 0 Å². The molecule has 0 unspecified atom stereocenters. The molecule has 0 bridgehead atoms. The highest BCUT2D eigenvalue weighted by Gasteiger charge is 2.23. The number of nitrogens with zero attached hydrogens (tertiary/aromatic N) is 1. The van der Waals surface area contributed by atoms with E-state index in [1.807, 2.05) is 25.1 Å². The zero-order valence-electron chi connectivity index (χ0n) is 9.35. The quantitative estimate of drug-likeness (QED) is 0.804. The van der Waals surface area contributed by atoms with Gasteiger partial charge in [-0.15, -0.1) is 0 Å². The topological polar surface area (TPSA) is 55.6 Å². The van der Waals surface area contributed by atoms with Crippen LogP contribution in [0.1, 0.15) is 17.3 Å². The molecule has 1 aliphatic rings. The third kappa shape index (κ3) is 2.17. The highest BCUT2D eigenvalue weighted by molar-refractivity contribution is 5.97. The molecule has 0 saturated heterocycles. The fraction of sp³-hybridized carbons (Fsp3) is 0.417. The Morgan fingerprint density at radius 1 is 1.50 bits per heavy atom. The predicted molar refractivity (Wildman–Crippen MR) is 61.5 cm³/mol. The number of fused-ring (bicyclic) bond motifs is 1. The molecular weight excluding hydrogens is 204 g/mol. The van der Waals surface area contributed by atoms with Crippen molar-refractivity contribution in [1.29, 1.82) is 0 Å². The number of hydrogen-bond donors (Lipinski definition) is 1. The van der Waals surface area contributed by atoms with Gasteiger partial charge in [0.2, 0.25) is 0 Å². The van der Waals surface area contributed by atoms with Crippen molar-refractivity contribution in [3.63, 3.8) is 0 Å². The summed E-state index contributed by atoms with van der Waals surface area (Å²) in [5, 5.41) is 0. The van der Waals surface area contributed by atoms with Crippen LogP contribution < -0.4 is 10.5 Å². The first kappa shape index (κ1) is 11.0. The third-order valence-electron chi connectivity index (χ3n) is 2.53. The Kier molecular flexibility index (Phi) is 3.10. The summed E-state index contributed by atoms with van der Waals surface area (Å²) in [4.78, 5) is 13.9. The molecule has 1 atom stereocenters. The number of nitrogens with two attached hydrogens (primary N) is 1. The summed E-state index contributed by atoms with van der Waals surface area (Å²) in [5.74, 6) is 0.671. The molecule has 1 aliphatic heterocycles. The number of rotatable bonds is 2. The van der Waals surface area contributed by atoms with Gasteiger partial charge in [-0.3, -0.25) is 4.79 Å². The summed E-state index contributed by atoms with van der Waals surface area (Å²) in [5.41, 5.74) is 6.35. The van der Waals surface area contributed by atoms with Crippen LogP contribution in [0.5, 0.6) is 5.75 Å². The van der Waals surface area contributed by atoms with Crippen molar-refractivity contribution in [2.75, 3.05) is 19.7 Å². The zero-order valence-corrected chi connectivity index (χ0v) is 9.35. The standard InChI is InChI=1S/C12H16N2O2/c1-9(13)8-14-6-7-16-11-5-3-2-4-10(11)12(14)15/h2-5,9H,6-8,13H2,1H3/t9-/m1/s1. The maximum absolute atomic E-state index is 12.2. The average molecular weight is 220 g/mol. The van der Waals surface area contributed by atoms with Crippen LogP contribution in [0.15, 0.2) is 24.3 Å². The van der Waals surface area contributed by atoms with Gasteiger partial charge >= 0.3 is 0 Å². The van der Waals surface area contributed by atoms with Crippen molar-refractivity contribution >= 4 is 5.91 Å². The number of para-hydroxylation sites is 1. The number of amides is 1. The molecule has 2 rings (SSSR count). The van der Waals surface area contributed by atoms with Gasteiger partial charge in [-0.05, 0) is 19.1 Å². The minimum Gasteiger partial charge on any atom is -0.491 e. The Bertz CT molecular complexity index is 390. The van der Waals surface area contributed by atoms with E-state index in [0.717, 1.165) is 0 Å². The van der Waals surface area contributed by atoms with Crippen molar-refractivity contribution in [3.8, 4) is 5.75 Å². The van der Waals surface area contributed by atoms with Gasteiger partial charge < -0.3 is 15.4 Å². The molecule has 4 nitrogen and oxygen atoms in total. The van der Waals surface area contributed by atoms with Crippen molar-refractivity contribution in [2.45, 2.75) is 13.0 Å². The second-order valence-corrected chi connectivity index (χ2v) is 4.07. The van der Waals surface area contributed by atoms with Crippen LogP contribution in [0, 0.1) is 0 Å².